The van der Waals surface area contributed by atoms with E-state index in [0.29, 0.717) is 6.04 Å². The molecule has 37 heavy (non-hydrogen) atoms. The second-order valence-corrected chi connectivity index (χ2v) is 10.9. The van der Waals surface area contributed by atoms with Crippen LogP contribution in [0, 0.1) is 0 Å². The summed E-state index contributed by atoms with van der Waals surface area (Å²) >= 11 is 8.39. The number of fused-ring (bicyclic) bond motifs is 2. The van der Waals surface area contributed by atoms with Crippen LogP contribution in [0.2, 0.25) is 5.02 Å². The fourth-order valence-corrected chi connectivity index (χ4v) is 6.89. The molecule has 0 aliphatic carbocycles. The molecule has 6 heteroatoms. The minimum Gasteiger partial charge on any atom is -0.412 e. The standard InChI is InChI=1S/C31H29ClN2S.ClH.H2O/c32-26-15-16-30-27(22-26)28(21-25-13-7-8-14-29(25)35-30)33-17-19-34(20-18-33)31(23-9-3-1-4-10-23)24-11-5-2-6-12-24;;/h1-16,22,28,31H,17-21H2;1H;1H2. The molecule has 192 valence electrons. The first-order valence-corrected chi connectivity index (χ1v) is 13.6. The van der Waals surface area contributed by atoms with Gasteiger partial charge in [0.05, 0.1) is 6.04 Å². The van der Waals surface area contributed by atoms with Gasteiger partial charge in [0.1, 0.15) is 0 Å². The average Bonchev–Trinajstić information content (AvgIpc) is 3.07. The quantitative estimate of drug-likeness (QED) is 0.272. The lowest BCUT2D eigenvalue weighted by Gasteiger charge is -2.43. The maximum absolute atomic E-state index is 6.51. The van der Waals surface area contributed by atoms with Crippen molar-refractivity contribution in [3.05, 3.63) is 130 Å². The number of benzene rings is 4. The molecule has 0 saturated carbocycles. The summed E-state index contributed by atoms with van der Waals surface area (Å²) in [6, 6.07) is 37.8. The molecule has 1 saturated heterocycles. The Kier molecular flexibility index (Phi) is 9.36. The van der Waals surface area contributed by atoms with Crippen molar-refractivity contribution in [3.8, 4) is 0 Å². The van der Waals surface area contributed by atoms with Crippen LogP contribution in [0.4, 0.5) is 0 Å². The SMILES string of the molecule is Cl.Clc1ccc2c(c1)C(N1CCN(C(c3ccccc3)c3ccccc3)CC1)Cc1ccccc1S2.O. The van der Waals surface area contributed by atoms with Gasteiger partial charge in [0, 0.05) is 47.0 Å². The third-order valence-electron chi connectivity index (χ3n) is 7.32. The van der Waals surface area contributed by atoms with Crippen molar-refractivity contribution in [2.24, 2.45) is 0 Å². The first-order chi connectivity index (χ1) is 17.3. The Morgan fingerprint density at radius 2 is 1.30 bits per heavy atom. The molecule has 4 aromatic carbocycles. The third-order valence-corrected chi connectivity index (χ3v) is 8.77. The molecule has 0 bridgehead atoms. The molecule has 0 radical (unpaired) electrons. The molecule has 3 nitrogen and oxygen atoms in total. The highest BCUT2D eigenvalue weighted by Crippen LogP contribution is 2.44. The number of halogens is 2. The first-order valence-electron chi connectivity index (χ1n) is 12.4. The van der Waals surface area contributed by atoms with Crippen LogP contribution in [-0.2, 0) is 6.42 Å². The Morgan fingerprint density at radius 3 is 1.95 bits per heavy atom. The Morgan fingerprint density at radius 1 is 0.703 bits per heavy atom. The second kappa shape index (κ2) is 12.5. The normalized spacial score (nSPS) is 17.6. The van der Waals surface area contributed by atoms with Crippen molar-refractivity contribution in [2.45, 2.75) is 28.3 Å². The van der Waals surface area contributed by atoms with Gasteiger partial charge in [-0.05, 0) is 52.9 Å². The zero-order valence-electron chi connectivity index (χ0n) is 20.6. The van der Waals surface area contributed by atoms with E-state index in [1.54, 1.807) is 0 Å². The highest BCUT2D eigenvalue weighted by Gasteiger charge is 2.32. The number of piperazine rings is 1. The Bertz CT molecular complexity index is 1260. The second-order valence-electron chi connectivity index (χ2n) is 9.41. The van der Waals surface area contributed by atoms with Crippen LogP contribution in [0.5, 0.6) is 0 Å². The van der Waals surface area contributed by atoms with Gasteiger partial charge in [-0.25, -0.2) is 0 Å². The number of rotatable bonds is 4. The van der Waals surface area contributed by atoms with Crippen LogP contribution in [0.25, 0.3) is 0 Å². The summed E-state index contributed by atoms with van der Waals surface area (Å²) in [6.07, 6.45) is 1.03. The molecular weight excluding hydrogens is 519 g/mol. The summed E-state index contributed by atoms with van der Waals surface area (Å²) in [6.45, 7) is 4.16. The fourth-order valence-electron chi connectivity index (χ4n) is 5.60. The van der Waals surface area contributed by atoms with Crippen molar-refractivity contribution < 1.29 is 5.48 Å². The molecule has 0 aromatic heterocycles. The van der Waals surface area contributed by atoms with Crippen molar-refractivity contribution in [2.75, 3.05) is 26.2 Å². The van der Waals surface area contributed by atoms with Crippen molar-refractivity contribution in [3.63, 3.8) is 0 Å². The lowest BCUT2D eigenvalue weighted by molar-refractivity contribution is 0.0773. The summed E-state index contributed by atoms with van der Waals surface area (Å²) < 4.78 is 0. The smallest absolute Gasteiger partial charge is 0.0602 e. The van der Waals surface area contributed by atoms with Gasteiger partial charge in [0.25, 0.3) is 0 Å². The van der Waals surface area contributed by atoms with Crippen LogP contribution in [0.3, 0.4) is 0 Å². The summed E-state index contributed by atoms with van der Waals surface area (Å²) in [5.74, 6) is 0. The topological polar surface area (TPSA) is 38.0 Å². The number of nitrogens with zero attached hydrogens (tertiary/aromatic N) is 2. The molecule has 1 unspecified atom stereocenters. The van der Waals surface area contributed by atoms with Gasteiger partial charge >= 0.3 is 0 Å². The highest BCUT2D eigenvalue weighted by molar-refractivity contribution is 7.99. The largest absolute Gasteiger partial charge is 0.412 e. The van der Waals surface area contributed by atoms with E-state index in [9.17, 15) is 0 Å². The molecule has 1 fully saturated rings. The van der Waals surface area contributed by atoms with Gasteiger partial charge < -0.3 is 5.48 Å². The van der Waals surface area contributed by atoms with Gasteiger partial charge in [-0.1, -0.05) is 102 Å². The van der Waals surface area contributed by atoms with Crippen LogP contribution in [0.15, 0.2) is 113 Å². The van der Waals surface area contributed by atoms with Gasteiger partial charge in [-0.15, -0.1) is 12.4 Å². The summed E-state index contributed by atoms with van der Waals surface area (Å²) in [4.78, 5) is 8.03. The van der Waals surface area contributed by atoms with Crippen molar-refractivity contribution >= 4 is 35.8 Å². The maximum Gasteiger partial charge on any atom is 0.0602 e. The molecule has 2 N–H and O–H groups in total. The van der Waals surface area contributed by atoms with Gasteiger partial charge in [-0.3, -0.25) is 9.80 Å². The molecule has 2 aliphatic heterocycles. The molecule has 2 aliphatic rings. The molecule has 0 amide bonds. The highest BCUT2D eigenvalue weighted by atomic mass is 35.5. The van der Waals surface area contributed by atoms with E-state index in [4.69, 9.17) is 11.6 Å². The van der Waals surface area contributed by atoms with E-state index in [2.05, 4.69) is 107 Å². The maximum atomic E-state index is 6.51. The minimum absolute atomic E-state index is 0. The molecule has 4 aromatic rings. The van der Waals surface area contributed by atoms with Crippen LogP contribution in [-0.4, -0.2) is 41.5 Å². The van der Waals surface area contributed by atoms with E-state index >= 15 is 0 Å². The monoisotopic (exact) mass is 550 g/mol. The summed E-state index contributed by atoms with van der Waals surface area (Å²) in [5, 5.41) is 0.826. The predicted molar refractivity (Wildman–Crippen MR) is 157 cm³/mol. The van der Waals surface area contributed by atoms with Crippen LogP contribution >= 0.6 is 35.8 Å². The Balaban J connectivity index is 0.00000160. The molecular formula is C31H32Cl2N2OS. The zero-order valence-corrected chi connectivity index (χ0v) is 23.0. The zero-order chi connectivity index (χ0) is 23.6. The van der Waals surface area contributed by atoms with Crippen LogP contribution < -0.4 is 0 Å². The van der Waals surface area contributed by atoms with Crippen molar-refractivity contribution in [1.82, 2.24) is 9.80 Å². The van der Waals surface area contributed by atoms with E-state index < -0.39 is 0 Å². The number of hydrogen-bond donors (Lipinski definition) is 0. The van der Waals surface area contributed by atoms with E-state index in [0.717, 1.165) is 37.6 Å². The van der Waals surface area contributed by atoms with Crippen molar-refractivity contribution in [1.29, 1.82) is 0 Å². The van der Waals surface area contributed by atoms with Crippen LogP contribution in [0.1, 0.15) is 34.3 Å². The molecule has 6 rings (SSSR count). The lowest BCUT2D eigenvalue weighted by Crippen LogP contribution is -2.49. The Hall–Kier alpha value is -2.31. The summed E-state index contributed by atoms with van der Waals surface area (Å²) in [7, 11) is 0. The minimum atomic E-state index is 0. The van der Waals surface area contributed by atoms with E-state index in [-0.39, 0.29) is 23.9 Å². The van der Waals surface area contributed by atoms with Gasteiger partial charge in [0.2, 0.25) is 0 Å². The molecule has 1 atom stereocenters. The average molecular weight is 552 g/mol. The fraction of sp³-hybridized carbons (Fsp3) is 0.226. The molecule has 0 spiro atoms. The summed E-state index contributed by atoms with van der Waals surface area (Å²) in [5.41, 5.74) is 5.53. The lowest BCUT2D eigenvalue weighted by atomic mass is 9.94. The van der Waals surface area contributed by atoms with Gasteiger partial charge in [0.15, 0.2) is 0 Å². The third kappa shape index (κ3) is 5.91. The van der Waals surface area contributed by atoms with E-state index in [1.165, 1.54) is 32.0 Å². The first kappa shape index (κ1) is 27.7. The Labute approximate surface area is 235 Å². The predicted octanol–water partition coefficient (Wildman–Crippen LogP) is 7.09. The van der Waals surface area contributed by atoms with Gasteiger partial charge in [-0.2, -0.15) is 0 Å². The van der Waals surface area contributed by atoms with E-state index in [1.807, 2.05) is 17.8 Å². The molecule has 2 heterocycles. The number of hydrogen-bond acceptors (Lipinski definition) is 3.